The lowest BCUT2D eigenvalue weighted by Gasteiger charge is -2.20. The highest BCUT2D eigenvalue weighted by Gasteiger charge is 2.02. The number of anilines is 1. The van der Waals surface area contributed by atoms with Crippen molar-refractivity contribution < 1.29 is 0 Å². The van der Waals surface area contributed by atoms with E-state index in [1.165, 1.54) is 16.8 Å². The van der Waals surface area contributed by atoms with Gasteiger partial charge in [-0.2, -0.15) is 0 Å². The number of hydrogen-bond donors (Lipinski definition) is 1. The minimum absolute atomic E-state index is 0.702. The summed E-state index contributed by atoms with van der Waals surface area (Å²) in [5, 5.41) is 0. The molecule has 2 rings (SSSR count). The molecular formula is C16H19BrN2. The molecule has 2 aromatic rings. The first-order chi connectivity index (χ1) is 9.19. The second-order valence-electron chi connectivity index (χ2n) is 4.69. The van der Waals surface area contributed by atoms with Crippen LogP contribution in [0.3, 0.4) is 0 Å². The zero-order chi connectivity index (χ0) is 13.7. The highest BCUT2D eigenvalue weighted by molar-refractivity contribution is 9.10. The molecule has 0 atom stereocenters. The van der Waals surface area contributed by atoms with Crippen LogP contribution in [0.4, 0.5) is 5.69 Å². The van der Waals surface area contributed by atoms with Gasteiger partial charge in [-0.15, -0.1) is 0 Å². The monoisotopic (exact) mass is 318 g/mol. The minimum atomic E-state index is 0.702. The first-order valence-electron chi connectivity index (χ1n) is 6.43. The van der Waals surface area contributed by atoms with E-state index in [2.05, 4.69) is 70.3 Å². The molecule has 100 valence electrons. The standard InChI is InChI=1S/C16H19BrN2/c1-19(12-14-3-2-4-15(17)11-14)16-7-5-13(6-8-16)9-10-18/h2-8,11H,9-10,12,18H2,1H3. The van der Waals surface area contributed by atoms with E-state index >= 15 is 0 Å². The van der Waals surface area contributed by atoms with Crippen LogP contribution in [0, 0.1) is 0 Å². The Bertz CT molecular complexity index is 523. The number of rotatable bonds is 5. The zero-order valence-electron chi connectivity index (χ0n) is 11.1. The topological polar surface area (TPSA) is 29.3 Å². The number of hydrogen-bond acceptors (Lipinski definition) is 2. The molecule has 19 heavy (non-hydrogen) atoms. The third-order valence-electron chi connectivity index (χ3n) is 3.12. The van der Waals surface area contributed by atoms with Crippen molar-refractivity contribution in [2.75, 3.05) is 18.5 Å². The summed E-state index contributed by atoms with van der Waals surface area (Å²) >= 11 is 3.50. The fourth-order valence-electron chi connectivity index (χ4n) is 2.08. The van der Waals surface area contributed by atoms with Gasteiger partial charge >= 0.3 is 0 Å². The first kappa shape index (κ1) is 14.1. The summed E-state index contributed by atoms with van der Waals surface area (Å²) < 4.78 is 1.12. The van der Waals surface area contributed by atoms with E-state index in [0.717, 1.165) is 17.4 Å². The zero-order valence-corrected chi connectivity index (χ0v) is 12.7. The Kier molecular flexibility index (Phi) is 5.00. The number of benzene rings is 2. The van der Waals surface area contributed by atoms with Crippen LogP contribution in [-0.4, -0.2) is 13.6 Å². The van der Waals surface area contributed by atoms with Crippen molar-refractivity contribution in [2.24, 2.45) is 5.73 Å². The van der Waals surface area contributed by atoms with Crippen molar-refractivity contribution >= 4 is 21.6 Å². The first-order valence-corrected chi connectivity index (χ1v) is 7.23. The van der Waals surface area contributed by atoms with E-state index in [1.807, 2.05) is 6.07 Å². The van der Waals surface area contributed by atoms with Crippen LogP contribution in [0.25, 0.3) is 0 Å². The SMILES string of the molecule is CN(Cc1cccc(Br)c1)c1ccc(CCN)cc1. The van der Waals surface area contributed by atoms with E-state index in [-0.39, 0.29) is 0 Å². The van der Waals surface area contributed by atoms with E-state index in [9.17, 15) is 0 Å². The van der Waals surface area contributed by atoms with Gasteiger partial charge in [0.05, 0.1) is 0 Å². The number of nitrogens with two attached hydrogens (primary N) is 1. The normalized spacial score (nSPS) is 10.5. The quantitative estimate of drug-likeness (QED) is 0.912. The third-order valence-corrected chi connectivity index (χ3v) is 3.61. The summed E-state index contributed by atoms with van der Waals surface area (Å²) in [4.78, 5) is 2.24. The highest BCUT2D eigenvalue weighted by atomic mass is 79.9. The summed E-state index contributed by atoms with van der Waals surface area (Å²) in [6, 6.07) is 17.0. The average molecular weight is 319 g/mol. The van der Waals surface area contributed by atoms with E-state index in [1.54, 1.807) is 0 Å². The predicted octanol–water partition coefficient (Wildman–Crippen LogP) is 3.59. The van der Waals surface area contributed by atoms with Gasteiger partial charge in [0.2, 0.25) is 0 Å². The molecule has 0 aliphatic rings. The van der Waals surface area contributed by atoms with Gasteiger partial charge in [-0.05, 0) is 48.4 Å². The highest BCUT2D eigenvalue weighted by Crippen LogP contribution is 2.18. The summed E-state index contributed by atoms with van der Waals surface area (Å²) in [5.74, 6) is 0. The largest absolute Gasteiger partial charge is 0.370 e. The molecule has 0 fully saturated rings. The van der Waals surface area contributed by atoms with E-state index in [4.69, 9.17) is 5.73 Å². The van der Waals surface area contributed by atoms with Crippen LogP contribution in [0.2, 0.25) is 0 Å². The molecule has 3 heteroatoms. The van der Waals surface area contributed by atoms with Gasteiger partial charge in [0.15, 0.2) is 0 Å². The molecule has 0 saturated heterocycles. The van der Waals surface area contributed by atoms with Crippen molar-refractivity contribution in [3.63, 3.8) is 0 Å². The molecule has 0 heterocycles. The lowest BCUT2D eigenvalue weighted by atomic mass is 10.1. The van der Waals surface area contributed by atoms with Gasteiger partial charge in [0.25, 0.3) is 0 Å². The van der Waals surface area contributed by atoms with Crippen molar-refractivity contribution in [2.45, 2.75) is 13.0 Å². The summed E-state index contributed by atoms with van der Waals surface area (Å²) in [6.07, 6.45) is 0.940. The van der Waals surface area contributed by atoms with Gasteiger partial charge in [-0.3, -0.25) is 0 Å². The Morgan fingerprint density at radius 2 is 1.79 bits per heavy atom. The predicted molar refractivity (Wildman–Crippen MR) is 85.4 cm³/mol. The Labute approximate surface area is 123 Å². The summed E-state index contributed by atoms with van der Waals surface area (Å²) in [6.45, 7) is 1.60. The molecule has 0 radical (unpaired) electrons. The Balaban J connectivity index is 2.05. The summed E-state index contributed by atoms with van der Waals surface area (Å²) in [5.41, 5.74) is 9.37. The Morgan fingerprint density at radius 3 is 2.42 bits per heavy atom. The smallest absolute Gasteiger partial charge is 0.0426 e. The molecule has 0 aliphatic carbocycles. The molecule has 0 unspecified atom stereocenters. The van der Waals surface area contributed by atoms with Crippen molar-refractivity contribution in [3.8, 4) is 0 Å². The number of halogens is 1. The second-order valence-corrected chi connectivity index (χ2v) is 5.61. The molecule has 2 nitrogen and oxygen atoms in total. The number of nitrogens with zero attached hydrogens (tertiary/aromatic N) is 1. The third kappa shape index (κ3) is 4.08. The Hall–Kier alpha value is -1.32. The molecule has 0 amide bonds. The molecule has 0 aliphatic heterocycles. The van der Waals surface area contributed by atoms with Gasteiger partial charge in [-0.1, -0.05) is 40.2 Å². The van der Waals surface area contributed by atoms with Crippen molar-refractivity contribution in [1.82, 2.24) is 0 Å². The van der Waals surface area contributed by atoms with Crippen LogP contribution in [0.5, 0.6) is 0 Å². The van der Waals surface area contributed by atoms with Crippen molar-refractivity contribution in [1.29, 1.82) is 0 Å². The van der Waals surface area contributed by atoms with Gasteiger partial charge in [0, 0.05) is 23.8 Å². The van der Waals surface area contributed by atoms with Crippen molar-refractivity contribution in [3.05, 3.63) is 64.1 Å². The summed E-state index contributed by atoms with van der Waals surface area (Å²) in [7, 11) is 2.11. The maximum Gasteiger partial charge on any atom is 0.0426 e. The van der Waals surface area contributed by atoms with Gasteiger partial charge in [0.1, 0.15) is 0 Å². The van der Waals surface area contributed by atoms with Gasteiger partial charge in [-0.25, -0.2) is 0 Å². The van der Waals surface area contributed by atoms with Crippen LogP contribution < -0.4 is 10.6 Å². The van der Waals surface area contributed by atoms with Crippen LogP contribution >= 0.6 is 15.9 Å². The maximum absolute atomic E-state index is 5.56. The Morgan fingerprint density at radius 1 is 1.05 bits per heavy atom. The van der Waals surface area contributed by atoms with E-state index in [0.29, 0.717) is 6.54 Å². The minimum Gasteiger partial charge on any atom is -0.370 e. The fourth-order valence-corrected chi connectivity index (χ4v) is 2.53. The molecule has 0 spiro atoms. The van der Waals surface area contributed by atoms with E-state index < -0.39 is 0 Å². The van der Waals surface area contributed by atoms with Crippen LogP contribution in [-0.2, 0) is 13.0 Å². The lowest BCUT2D eigenvalue weighted by molar-refractivity contribution is 0.918. The van der Waals surface area contributed by atoms with Crippen LogP contribution in [0.15, 0.2) is 53.0 Å². The maximum atomic E-state index is 5.56. The second kappa shape index (κ2) is 6.73. The van der Waals surface area contributed by atoms with Gasteiger partial charge < -0.3 is 10.6 Å². The lowest BCUT2D eigenvalue weighted by Crippen LogP contribution is -2.16. The molecule has 2 N–H and O–H groups in total. The van der Waals surface area contributed by atoms with Crippen LogP contribution in [0.1, 0.15) is 11.1 Å². The molecule has 0 bridgehead atoms. The fraction of sp³-hybridized carbons (Fsp3) is 0.250. The average Bonchev–Trinajstić information content (AvgIpc) is 2.40. The molecule has 0 aromatic heterocycles. The molecule has 0 saturated carbocycles. The molecular weight excluding hydrogens is 300 g/mol. The molecule has 2 aromatic carbocycles.